The van der Waals surface area contributed by atoms with Gasteiger partial charge in [0.1, 0.15) is 0 Å². The van der Waals surface area contributed by atoms with Gasteiger partial charge in [-0.3, -0.25) is 15.1 Å². The minimum Gasteiger partial charge on any atom is -0.870 e. The van der Waals surface area contributed by atoms with E-state index in [1.54, 1.807) is 0 Å². The summed E-state index contributed by atoms with van der Waals surface area (Å²) in [5.41, 5.74) is -0.531. The Bertz CT molecular complexity index is 573. The van der Waals surface area contributed by atoms with Gasteiger partial charge in [-0.15, -0.1) is 0 Å². The van der Waals surface area contributed by atoms with Gasteiger partial charge >= 0.3 is 0 Å². The predicted molar refractivity (Wildman–Crippen MR) is 55.7 cm³/mol. The van der Waals surface area contributed by atoms with Crippen LogP contribution in [-0.4, -0.2) is 15.5 Å². The van der Waals surface area contributed by atoms with Gasteiger partial charge in [0, 0.05) is 6.07 Å². The summed E-state index contributed by atoms with van der Waals surface area (Å²) < 4.78 is 8.78. The zero-order chi connectivity index (χ0) is 13.9. The van der Waals surface area contributed by atoms with Gasteiger partial charge in [0.05, 0.1) is 25.1 Å². The maximum Gasteiger partial charge on any atom is 0.177 e. The van der Waals surface area contributed by atoms with E-state index in [0.717, 1.165) is 18.6 Å². The summed E-state index contributed by atoms with van der Waals surface area (Å²) in [6, 6.07) is 2.45. The third-order valence-electron chi connectivity index (χ3n) is 1.46. The molecule has 0 aliphatic rings. The molecule has 9 nitrogen and oxygen atoms in total. The molecule has 100 valence electrons. The monoisotopic (exact) mass is 263 g/mol. The van der Waals surface area contributed by atoms with Crippen molar-refractivity contribution < 1.29 is 19.0 Å². The fraction of sp³-hybridized carbons (Fsp3) is 0. The Morgan fingerprint density at radius 1 is 1.11 bits per heavy atom. The highest BCUT2D eigenvalue weighted by molar-refractivity contribution is 5.09. The molecule has 0 aromatic carbocycles. The Morgan fingerprint density at radius 3 is 2.11 bits per heavy atom. The Balaban J connectivity index is 0.000000147. The Labute approximate surface area is 106 Å². The molecule has 19 heavy (non-hydrogen) atoms. The molecule has 0 aliphatic carbocycles. The van der Waals surface area contributed by atoms with Gasteiger partial charge in [-0.2, -0.15) is 5.21 Å². The van der Waals surface area contributed by atoms with E-state index in [0.29, 0.717) is 0 Å². The summed E-state index contributed by atoms with van der Waals surface area (Å²) >= 11 is 0. The van der Waals surface area contributed by atoms with Crippen molar-refractivity contribution in [2.75, 3.05) is 0 Å². The molecule has 0 spiro atoms. The number of nitrogens with zero attached hydrogens (tertiary/aromatic N) is 4. The summed E-state index contributed by atoms with van der Waals surface area (Å²) in [5, 5.41) is 32.9. The summed E-state index contributed by atoms with van der Waals surface area (Å²) in [4.78, 5) is 10.2. The maximum atomic E-state index is 10.2. The molecule has 0 unspecified atom stereocenters. The van der Waals surface area contributed by atoms with Gasteiger partial charge in [-0.1, -0.05) is 5.75 Å². The quantitative estimate of drug-likeness (QED) is 0.493. The summed E-state index contributed by atoms with van der Waals surface area (Å²) in [5.74, 6) is -0.678. The van der Waals surface area contributed by atoms with Crippen LogP contribution in [0.25, 0.3) is 0 Å². The van der Waals surface area contributed by atoms with Crippen molar-refractivity contribution >= 4 is 0 Å². The van der Waals surface area contributed by atoms with Crippen LogP contribution < -0.4 is 20.7 Å². The zero-order valence-electron chi connectivity index (χ0n) is 9.37. The van der Waals surface area contributed by atoms with Gasteiger partial charge < -0.3 is 24.1 Å². The Kier molecular flexibility index (Phi) is 5.92. The van der Waals surface area contributed by atoms with Crippen molar-refractivity contribution in [1.29, 1.82) is 0 Å². The van der Waals surface area contributed by atoms with E-state index < -0.39 is 11.2 Å². The normalized spacial score (nSPS) is 8.63. The summed E-state index contributed by atoms with van der Waals surface area (Å²) in [7, 11) is 0. The first kappa shape index (κ1) is 14.0. The third kappa shape index (κ3) is 6.26. The first-order valence-corrected chi connectivity index (χ1v) is 4.74. The van der Waals surface area contributed by atoms with Crippen molar-refractivity contribution in [3.8, 4) is 11.5 Å². The fourth-order valence-corrected chi connectivity index (χ4v) is 0.710. The lowest BCUT2D eigenvalue weighted by molar-refractivity contribution is -0.271. The second-order valence-electron chi connectivity index (χ2n) is 2.77. The molecule has 0 aliphatic heterocycles. The van der Waals surface area contributed by atoms with Crippen LogP contribution in [0.3, 0.4) is 0 Å². The van der Waals surface area contributed by atoms with Crippen molar-refractivity contribution in [1.82, 2.24) is 20.6 Å². The Hall–Kier alpha value is -3.10. The SMILES string of the molecule is O=c1ccocc1[O-].[O-]c1ccoc1.c1nnn[n-]1. The third-order valence-corrected chi connectivity index (χ3v) is 1.46. The fourth-order valence-electron chi connectivity index (χ4n) is 0.710. The molecule has 0 radical (unpaired) electrons. The highest BCUT2D eigenvalue weighted by Crippen LogP contribution is 1.99. The van der Waals surface area contributed by atoms with E-state index >= 15 is 0 Å². The maximum absolute atomic E-state index is 10.2. The molecule has 3 aromatic heterocycles. The van der Waals surface area contributed by atoms with Crippen LogP contribution >= 0.6 is 0 Å². The number of furan rings is 1. The number of hydrogen-bond acceptors (Lipinski definition) is 8. The predicted octanol–water partition coefficient (Wildman–Crippen LogP) is -1.10. The summed E-state index contributed by atoms with van der Waals surface area (Å²) in [6.07, 6.45) is 5.83. The number of tetrazole rings is 1. The smallest absolute Gasteiger partial charge is 0.177 e. The Morgan fingerprint density at radius 2 is 1.84 bits per heavy atom. The molecule has 3 rings (SSSR count). The average Bonchev–Trinajstić information content (AvgIpc) is 3.09. The number of rotatable bonds is 0. The molecular formula is C10H7N4O5-3. The molecular weight excluding hydrogens is 256 g/mol. The van der Waals surface area contributed by atoms with Crippen LogP contribution in [-0.2, 0) is 0 Å². The molecule has 3 heterocycles. The van der Waals surface area contributed by atoms with E-state index in [4.69, 9.17) is 0 Å². The van der Waals surface area contributed by atoms with Gasteiger partial charge in [0.25, 0.3) is 0 Å². The van der Waals surface area contributed by atoms with Crippen molar-refractivity contribution in [2.24, 2.45) is 0 Å². The number of hydrogen-bond donors (Lipinski definition) is 0. The molecule has 0 fully saturated rings. The van der Waals surface area contributed by atoms with Crippen LogP contribution in [0, 0.1) is 0 Å². The van der Waals surface area contributed by atoms with Crippen LogP contribution in [0.5, 0.6) is 11.5 Å². The molecule has 0 saturated carbocycles. The lowest BCUT2D eigenvalue weighted by Gasteiger charge is -1.96. The van der Waals surface area contributed by atoms with E-state index in [9.17, 15) is 15.0 Å². The highest BCUT2D eigenvalue weighted by Gasteiger charge is 1.79. The lowest BCUT2D eigenvalue weighted by atomic mass is 10.5. The molecule has 0 bridgehead atoms. The molecule has 0 amide bonds. The molecule has 0 N–H and O–H groups in total. The van der Waals surface area contributed by atoms with Crippen molar-refractivity contribution in [3.63, 3.8) is 0 Å². The molecule has 0 saturated heterocycles. The van der Waals surface area contributed by atoms with E-state index in [2.05, 4.69) is 29.5 Å². The molecule has 3 aromatic rings. The van der Waals surface area contributed by atoms with Crippen LogP contribution in [0.4, 0.5) is 0 Å². The first-order chi connectivity index (χ1) is 9.20. The van der Waals surface area contributed by atoms with Crippen LogP contribution in [0.1, 0.15) is 0 Å². The standard InChI is InChI=1S/C5H4O3.C4H4O2.CHN4/c6-4-1-2-8-3-5(4)7;5-4-1-2-6-3-4;1-2-4-5-3-1/h1-3,7H;1-3,5H;1H/q;;-1/p-2. The van der Waals surface area contributed by atoms with Crippen molar-refractivity contribution in [2.45, 2.75) is 0 Å². The average molecular weight is 263 g/mol. The second kappa shape index (κ2) is 8.06. The van der Waals surface area contributed by atoms with Crippen LogP contribution in [0.15, 0.2) is 57.1 Å². The van der Waals surface area contributed by atoms with E-state index in [1.165, 1.54) is 24.9 Å². The van der Waals surface area contributed by atoms with Gasteiger partial charge in [-0.05, 0) is 18.1 Å². The number of aromatic nitrogens is 4. The van der Waals surface area contributed by atoms with Gasteiger partial charge in [0.15, 0.2) is 5.43 Å². The van der Waals surface area contributed by atoms with Gasteiger partial charge in [-0.25, -0.2) is 0 Å². The van der Waals surface area contributed by atoms with Gasteiger partial charge in [0.2, 0.25) is 0 Å². The lowest BCUT2D eigenvalue weighted by Crippen LogP contribution is -2.05. The van der Waals surface area contributed by atoms with Crippen LogP contribution in [0.2, 0.25) is 0 Å². The van der Waals surface area contributed by atoms with E-state index in [1.807, 2.05) is 0 Å². The first-order valence-electron chi connectivity index (χ1n) is 4.74. The minimum absolute atomic E-state index is 0.0741. The largest absolute Gasteiger partial charge is 0.870 e. The van der Waals surface area contributed by atoms with E-state index in [-0.39, 0.29) is 5.75 Å². The topological polar surface area (TPSA) is 142 Å². The molecule has 9 heteroatoms. The summed E-state index contributed by atoms with van der Waals surface area (Å²) in [6.45, 7) is 0. The molecule has 0 atom stereocenters. The second-order valence-corrected chi connectivity index (χ2v) is 2.77. The minimum atomic E-state index is -0.604. The zero-order valence-corrected chi connectivity index (χ0v) is 9.37. The highest BCUT2D eigenvalue weighted by atomic mass is 16.3. The van der Waals surface area contributed by atoms with Crippen molar-refractivity contribution in [3.05, 3.63) is 53.7 Å².